The molecule has 0 aliphatic heterocycles. The number of hydrogen-bond donors (Lipinski definition) is 1. The molecule has 8 heteroatoms. The first kappa shape index (κ1) is 20.0. The Morgan fingerprint density at radius 2 is 1.76 bits per heavy atom. The van der Waals surface area contributed by atoms with Gasteiger partial charge in [-0.1, -0.05) is 41.9 Å². The van der Waals surface area contributed by atoms with Gasteiger partial charge in [0.2, 0.25) is 0 Å². The average molecular weight is 410 g/mol. The second-order valence-electron chi connectivity index (χ2n) is 5.92. The van der Waals surface area contributed by atoms with E-state index in [0.29, 0.717) is 22.9 Å². The summed E-state index contributed by atoms with van der Waals surface area (Å²) in [6, 6.07) is 19.9. The van der Waals surface area contributed by atoms with Crippen LogP contribution in [0.15, 0.2) is 77.9 Å². The van der Waals surface area contributed by atoms with E-state index < -0.39 is 10.8 Å². The van der Waals surface area contributed by atoms with Crippen molar-refractivity contribution in [1.82, 2.24) is 5.43 Å². The second-order valence-corrected chi connectivity index (χ2v) is 6.33. The number of halogens is 1. The molecule has 0 radical (unpaired) electrons. The molecule has 1 amide bonds. The Morgan fingerprint density at radius 1 is 1.07 bits per heavy atom. The lowest BCUT2D eigenvalue weighted by Gasteiger charge is -2.10. The Kier molecular flexibility index (Phi) is 6.55. The first-order valence-electron chi connectivity index (χ1n) is 8.57. The molecule has 3 aromatic carbocycles. The van der Waals surface area contributed by atoms with Gasteiger partial charge >= 0.3 is 0 Å². The van der Waals surface area contributed by atoms with E-state index in [4.69, 9.17) is 16.3 Å². The molecule has 0 heterocycles. The molecule has 0 aliphatic rings. The van der Waals surface area contributed by atoms with Crippen molar-refractivity contribution in [3.63, 3.8) is 0 Å². The quantitative estimate of drug-likeness (QED) is 0.351. The third kappa shape index (κ3) is 5.40. The number of amides is 1. The number of rotatable bonds is 7. The summed E-state index contributed by atoms with van der Waals surface area (Å²) in [6.07, 6.45) is 1.46. The minimum absolute atomic E-state index is 0.0883. The van der Waals surface area contributed by atoms with Crippen molar-refractivity contribution in [1.29, 1.82) is 0 Å². The molecular formula is C21H16ClN3O4. The molecule has 1 N–H and O–H groups in total. The number of nitro benzene ring substituents is 1. The maximum Gasteiger partial charge on any atom is 0.271 e. The monoisotopic (exact) mass is 409 g/mol. The van der Waals surface area contributed by atoms with Crippen LogP contribution in [-0.2, 0) is 6.61 Å². The van der Waals surface area contributed by atoms with Crippen molar-refractivity contribution >= 4 is 29.4 Å². The maximum absolute atomic E-state index is 12.1. The number of hydrogen-bond acceptors (Lipinski definition) is 5. The fourth-order valence-corrected chi connectivity index (χ4v) is 2.64. The van der Waals surface area contributed by atoms with Gasteiger partial charge in [0.05, 0.1) is 11.1 Å². The average Bonchev–Trinajstić information content (AvgIpc) is 2.74. The Hall–Kier alpha value is -3.71. The van der Waals surface area contributed by atoms with Crippen molar-refractivity contribution < 1.29 is 14.5 Å². The molecule has 0 aromatic heterocycles. The van der Waals surface area contributed by atoms with Gasteiger partial charge in [0.25, 0.3) is 11.6 Å². The smallest absolute Gasteiger partial charge is 0.271 e. The van der Waals surface area contributed by atoms with E-state index in [1.54, 1.807) is 18.2 Å². The third-order valence-electron chi connectivity index (χ3n) is 3.97. The molecule has 7 nitrogen and oxygen atoms in total. The zero-order chi connectivity index (χ0) is 20.6. The highest BCUT2D eigenvalue weighted by Crippen LogP contribution is 2.21. The van der Waals surface area contributed by atoms with E-state index in [2.05, 4.69) is 10.5 Å². The van der Waals surface area contributed by atoms with E-state index in [9.17, 15) is 14.9 Å². The van der Waals surface area contributed by atoms with Crippen molar-refractivity contribution in [2.45, 2.75) is 6.61 Å². The molecule has 29 heavy (non-hydrogen) atoms. The highest BCUT2D eigenvalue weighted by Gasteiger charge is 2.09. The summed E-state index contributed by atoms with van der Waals surface area (Å²) in [5.41, 5.74) is 4.09. The predicted octanol–water partition coefficient (Wildman–Crippen LogP) is 4.59. The van der Waals surface area contributed by atoms with E-state index >= 15 is 0 Å². The molecule has 0 aliphatic carbocycles. The van der Waals surface area contributed by atoms with Crippen LogP contribution in [0.1, 0.15) is 21.5 Å². The number of ether oxygens (including phenoxy) is 1. The fourth-order valence-electron chi connectivity index (χ4n) is 2.45. The normalized spacial score (nSPS) is 10.7. The Balaban J connectivity index is 1.64. The standard InChI is InChI=1S/C21H16ClN3O4/c22-19-7-3-1-6-17(19)14-29-20-8-4-2-5-16(20)13-23-24-21(26)15-9-11-18(12-10-15)25(27)28/h1-13H,14H2,(H,24,26). The minimum atomic E-state index is -0.528. The first-order chi connectivity index (χ1) is 14.0. The third-order valence-corrected chi connectivity index (χ3v) is 4.34. The van der Waals surface area contributed by atoms with Crippen molar-refractivity contribution in [3.05, 3.63) is 105 Å². The largest absolute Gasteiger partial charge is 0.488 e. The molecule has 0 bridgehead atoms. The highest BCUT2D eigenvalue weighted by molar-refractivity contribution is 6.31. The lowest BCUT2D eigenvalue weighted by Crippen LogP contribution is -2.17. The van der Waals surface area contributed by atoms with Gasteiger partial charge in [-0.3, -0.25) is 14.9 Å². The summed E-state index contributed by atoms with van der Waals surface area (Å²) in [5.74, 6) is 0.103. The molecule has 0 saturated carbocycles. The zero-order valence-corrected chi connectivity index (χ0v) is 15.9. The van der Waals surface area contributed by atoms with Crippen molar-refractivity contribution in [2.24, 2.45) is 5.10 Å². The van der Waals surface area contributed by atoms with Gasteiger partial charge in [0, 0.05) is 33.8 Å². The van der Waals surface area contributed by atoms with Gasteiger partial charge < -0.3 is 4.74 Å². The van der Waals surface area contributed by atoms with Gasteiger partial charge in [-0.2, -0.15) is 5.10 Å². The van der Waals surface area contributed by atoms with Crippen LogP contribution in [0.25, 0.3) is 0 Å². The molecule has 0 unspecified atom stereocenters. The number of carbonyl (C=O) groups excluding carboxylic acids is 1. The molecule has 3 aromatic rings. The number of para-hydroxylation sites is 1. The van der Waals surface area contributed by atoms with Gasteiger partial charge in [-0.15, -0.1) is 0 Å². The molecule has 3 rings (SSSR count). The summed E-state index contributed by atoms with van der Waals surface area (Å²) >= 11 is 6.14. The van der Waals surface area contributed by atoms with Crippen LogP contribution in [0, 0.1) is 10.1 Å². The summed E-state index contributed by atoms with van der Waals surface area (Å²) < 4.78 is 5.83. The topological polar surface area (TPSA) is 93.8 Å². The lowest BCUT2D eigenvalue weighted by atomic mass is 10.2. The molecular weight excluding hydrogens is 394 g/mol. The van der Waals surface area contributed by atoms with Gasteiger partial charge in [0.1, 0.15) is 12.4 Å². The summed E-state index contributed by atoms with van der Waals surface area (Å²) in [4.78, 5) is 22.2. The van der Waals surface area contributed by atoms with E-state index in [-0.39, 0.29) is 11.3 Å². The molecule has 0 fully saturated rings. The predicted molar refractivity (Wildman–Crippen MR) is 110 cm³/mol. The number of nitrogens with one attached hydrogen (secondary N) is 1. The van der Waals surface area contributed by atoms with Crippen LogP contribution in [0.4, 0.5) is 5.69 Å². The van der Waals surface area contributed by atoms with Gasteiger partial charge in [-0.05, 0) is 30.3 Å². The number of carbonyl (C=O) groups is 1. The Labute approximate surface area is 171 Å². The lowest BCUT2D eigenvalue weighted by molar-refractivity contribution is -0.384. The molecule has 0 saturated heterocycles. The highest BCUT2D eigenvalue weighted by atomic mass is 35.5. The molecule has 0 spiro atoms. The number of benzene rings is 3. The summed E-state index contributed by atoms with van der Waals surface area (Å²) in [5, 5.41) is 15.2. The Morgan fingerprint density at radius 3 is 2.48 bits per heavy atom. The number of nitrogens with zero attached hydrogens (tertiary/aromatic N) is 2. The number of hydrazone groups is 1. The maximum atomic E-state index is 12.1. The van der Waals surface area contributed by atoms with Crippen LogP contribution in [-0.4, -0.2) is 17.0 Å². The van der Waals surface area contributed by atoms with E-state index in [0.717, 1.165) is 5.56 Å². The van der Waals surface area contributed by atoms with Crippen molar-refractivity contribution in [3.8, 4) is 5.75 Å². The van der Waals surface area contributed by atoms with Crippen LogP contribution in [0.5, 0.6) is 5.75 Å². The van der Waals surface area contributed by atoms with E-state index in [1.807, 2.05) is 30.3 Å². The molecule has 146 valence electrons. The van der Waals surface area contributed by atoms with Gasteiger partial charge in [-0.25, -0.2) is 5.43 Å². The number of nitro groups is 1. The van der Waals surface area contributed by atoms with Crippen LogP contribution in [0.3, 0.4) is 0 Å². The first-order valence-corrected chi connectivity index (χ1v) is 8.95. The molecule has 0 atom stereocenters. The number of non-ortho nitro benzene ring substituents is 1. The summed E-state index contributed by atoms with van der Waals surface area (Å²) in [7, 11) is 0. The zero-order valence-electron chi connectivity index (χ0n) is 15.1. The Bertz CT molecular complexity index is 1050. The minimum Gasteiger partial charge on any atom is -0.488 e. The van der Waals surface area contributed by atoms with E-state index in [1.165, 1.54) is 30.5 Å². The SMILES string of the molecule is O=C(NN=Cc1ccccc1OCc1ccccc1Cl)c1ccc([N+](=O)[O-])cc1. The van der Waals surface area contributed by atoms with Crippen LogP contribution in [0.2, 0.25) is 5.02 Å². The summed E-state index contributed by atoms with van der Waals surface area (Å²) in [6.45, 7) is 0.291. The van der Waals surface area contributed by atoms with Crippen molar-refractivity contribution in [2.75, 3.05) is 0 Å². The van der Waals surface area contributed by atoms with Crippen LogP contribution >= 0.6 is 11.6 Å². The van der Waals surface area contributed by atoms with Gasteiger partial charge in [0.15, 0.2) is 0 Å². The fraction of sp³-hybridized carbons (Fsp3) is 0.0476. The van der Waals surface area contributed by atoms with Crippen LogP contribution < -0.4 is 10.2 Å². The second kappa shape index (κ2) is 9.48.